The number of nitrogens with two attached hydrogens (primary N) is 1. The molecule has 1 aliphatic rings. The van der Waals surface area contributed by atoms with Crippen LogP contribution in [0.1, 0.15) is 32.8 Å². The highest BCUT2D eigenvalue weighted by Crippen LogP contribution is 2.59. The van der Waals surface area contributed by atoms with Crippen molar-refractivity contribution >= 4 is 11.8 Å². The predicted octanol–water partition coefficient (Wildman–Crippen LogP) is 3.37. The van der Waals surface area contributed by atoms with E-state index < -0.39 is 35.4 Å². The van der Waals surface area contributed by atoms with Crippen molar-refractivity contribution in [3.8, 4) is 0 Å². The van der Waals surface area contributed by atoms with Crippen molar-refractivity contribution in [2.45, 2.75) is 44.3 Å². The minimum absolute atomic E-state index is 0.0188. The van der Waals surface area contributed by atoms with E-state index in [0.29, 0.717) is 0 Å². The molecule has 3 N–H and O–H groups in total. The first kappa shape index (κ1) is 15.6. The summed E-state index contributed by atoms with van der Waals surface area (Å²) in [6.45, 7) is 4.99. The lowest BCUT2D eigenvalue weighted by Crippen LogP contribution is -2.31. The summed E-state index contributed by atoms with van der Waals surface area (Å²) in [4.78, 5) is 11.7. The van der Waals surface area contributed by atoms with Gasteiger partial charge in [0.25, 0.3) is 5.92 Å². The number of rotatable bonds is 2. The van der Waals surface area contributed by atoms with Gasteiger partial charge in [-0.1, -0.05) is 0 Å². The Morgan fingerprint density at radius 2 is 1.95 bits per heavy atom. The molecule has 1 atom stereocenters. The van der Waals surface area contributed by atoms with Gasteiger partial charge in [-0.3, -0.25) is 5.32 Å². The fraction of sp³-hybridized carbons (Fsp3) is 0.500. The topological polar surface area (TPSA) is 64.3 Å². The van der Waals surface area contributed by atoms with E-state index in [4.69, 9.17) is 10.5 Å². The van der Waals surface area contributed by atoms with Crippen LogP contribution in [0.2, 0.25) is 0 Å². The van der Waals surface area contributed by atoms with Crippen molar-refractivity contribution in [2.24, 2.45) is 5.73 Å². The van der Waals surface area contributed by atoms with E-state index in [9.17, 15) is 18.0 Å². The van der Waals surface area contributed by atoms with Gasteiger partial charge in [0.2, 0.25) is 0 Å². The summed E-state index contributed by atoms with van der Waals surface area (Å²) in [5.41, 5.74) is 2.79. The number of amides is 1. The summed E-state index contributed by atoms with van der Waals surface area (Å²) in [5, 5.41) is 2.34. The number of alkyl halides is 2. The van der Waals surface area contributed by atoms with Gasteiger partial charge in [0.15, 0.2) is 0 Å². The molecule has 0 saturated heterocycles. The highest BCUT2D eigenvalue weighted by atomic mass is 19.3. The van der Waals surface area contributed by atoms with Gasteiger partial charge < -0.3 is 10.5 Å². The third kappa shape index (κ3) is 3.12. The molecule has 1 fully saturated rings. The van der Waals surface area contributed by atoms with Crippen LogP contribution in [-0.4, -0.2) is 17.6 Å². The molecular weight excluding hydrogens is 285 g/mol. The van der Waals surface area contributed by atoms with Gasteiger partial charge >= 0.3 is 6.09 Å². The summed E-state index contributed by atoms with van der Waals surface area (Å²) in [6.07, 6.45) is -1.41. The van der Waals surface area contributed by atoms with Crippen molar-refractivity contribution in [1.29, 1.82) is 0 Å². The van der Waals surface area contributed by atoms with Crippen LogP contribution in [0.15, 0.2) is 18.2 Å². The van der Waals surface area contributed by atoms with Crippen LogP contribution in [0, 0.1) is 5.82 Å². The van der Waals surface area contributed by atoms with E-state index in [2.05, 4.69) is 5.32 Å². The summed E-state index contributed by atoms with van der Waals surface area (Å²) < 4.78 is 45.2. The number of carbonyl (C=O) groups excluding carboxylic acids is 1. The van der Waals surface area contributed by atoms with E-state index in [-0.39, 0.29) is 11.3 Å². The highest BCUT2D eigenvalue weighted by Gasteiger charge is 2.70. The Balaban J connectivity index is 2.27. The van der Waals surface area contributed by atoms with Crippen molar-refractivity contribution in [3.63, 3.8) is 0 Å². The van der Waals surface area contributed by atoms with Crippen LogP contribution in [0.5, 0.6) is 0 Å². The summed E-state index contributed by atoms with van der Waals surface area (Å²) in [6, 6.07) is 3.16. The largest absolute Gasteiger partial charge is 0.444 e. The van der Waals surface area contributed by atoms with Gasteiger partial charge in [-0.25, -0.2) is 18.0 Å². The predicted molar refractivity (Wildman–Crippen MR) is 71.7 cm³/mol. The second-order valence-electron chi connectivity index (χ2n) is 6.17. The second kappa shape index (κ2) is 4.62. The van der Waals surface area contributed by atoms with Crippen molar-refractivity contribution < 1.29 is 22.7 Å². The number of ether oxygens (including phenoxy) is 1. The normalized spacial score (nSPS) is 23.6. The van der Waals surface area contributed by atoms with E-state index in [0.717, 1.165) is 12.1 Å². The molecule has 0 aromatic heterocycles. The van der Waals surface area contributed by atoms with Crippen molar-refractivity contribution in [1.82, 2.24) is 0 Å². The lowest BCUT2D eigenvalue weighted by atomic mass is 10.0. The van der Waals surface area contributed by atoms with Crippen molar-refractivity contribution in [2.75, 3.05) is 5.32 Å². The Kier molecular flexibility index (Phi) is 3.44. The molecule has 1 unspecified atom stereocenters. The third-order valence-electron chi connectivity index (χ3n) is 3.13. The minimum Gasteiger partial charge on any atom is -0.444 e. The average Bonchev–Trinajstić information content (AvgIpc) is 2.79. The fourth-order valence-corrected chi connectivity index (χ4v) is 2.01. The number of halogens is 3. The zero-order chi connectivity index (χ0) is 16.1. The van der Waals surface area contributed by atoms with Crippen LogP contribution in [0.3, 0.4) is 0 Å². The maximum absolute atomic E-state index is 13.4. The quantitative estimate of drug-likeness (QED) is 0.880. The Morgan fingerprint density at radius 3 is 2.43 bits per heavy atom. The first-order chi connectivity index (χ1) is 9.45. The first-order valence-electron chi connectivity index (χ1n) is 6.41. The fourth-order valence-electron chi connectivity index (χ4n) is 2.01. The Bertz CT molecular complexity index is 584. The standard InChI is InChI=1S/C14H17F3N2O2/c1-12(2,3)21-11(20)19-10-5-4-8(15)6-9(10)13(18)7-14(13,16)17/h4-6H,7,18H2,1-3H3,(H,19,20). The van der Waals surface area contributed by atoms with Gasteiger partial charge in [0, 0.05) is 17.7 Å². The molecule has 1 aromatic rings. The third-order valence-corrected chi connectivity index (χ3v) is 3.13. The van der Waals surface area contributed by atoms with Crippen LogP contribution < -0.4 is 11.1 Å². The number of hydrogen-bond acceptors (Lipinski definition) is 3. The smallest absolute Gasteiger partial charge is 0.412 e. The zero-order valence-corrected chi connectivity index (χ0v) is 12.0. The molecule has 116 valence electrons. The zero-order valence-electron chi connectivity index (χ0n) is 12.0. The molecule has 0 heterocycles. The number of hydrogen-bond donors (Lipinski definition) is 2. The Morgan fingerprint density at radius 1 is 1.38 bits per heavy atom. The lowest BCUT2D eigenvalue weighted by Gasteiger charge is -2.21. The Labute approximate surface area is 120 Å². The van der Waals surface area contributed by atoms with E-state index in [1.54, 1.807) is 20.8 Å². The van der Waals surface area contributed by atoms with E-state index in [1.807, 2.05) is 0 Å². The molecule has 0 spiro atoms. The van der Waals surface area contributed by atoms with Crippen LogP contribution in [0.25, 0.3) is 0 Å². The number of carbonyl (C=O) groups is 1. The van der Waals surface area contributed by atoms with Crippen LogP contribution >= 0.6 is 0 Å². The van der Waals surface area contributed by atoms with Gasteiger partial charge in [-0.15, -0.1) is 0 Å². The summed E-state index contributed by atoms with van der Waals surface area (Å²) in [7, 11) is 0. The Hall–Kier alpha value is -1.76. The second-order valence-corrected chi connectivity index (χ2v) is 6.17. The van der Waals surface area contributed by atoms with Gasteiger partial charge in [0.1, 0.15) is 17.0 Å². The van der Waals surface area contributed by atoms with Gasteiger partial charge in [0.05, 0.1) is 0 Å². The molecule has 7 heteroatoms. The van der Waals surface area contributed by atoms with E-state index >= 15 is 0 Å². The molecule has 0 aliphatic heterocycles. The molecule has 21 heavy (non-hydrogen) atoms. The van der Waals surface area contributed by atoms with Gasteiger partial charge in [-0.2, -0.15) is 0 Å². The molecule has 1 aromatic carbocycles. The first-order valence-corrected chi connectivity index (χ1v) is 6.41. The van der Waals surface area contributed by atoms with E-state index in [1.165, 1.54) is 6.07 Å². The molecule has 0 radical (unpaired) electrons. The summed E-state index contributed by atoms with van der Waals surface area (Å²) in [5.74, 6) is -3.82. The number of anilines is 1. The number of nitrogens with one attached hydrogen (secondary N) is 1. The molecule has 0 bridgehead atoms. The SMILES string of the molecule is CC(C)(C)OC(=O)Nc1ccc(F)cc1C1(N)CC1(F)F. The van der Waals surface area contributed by atoms with Crippen molar-refractivity contribution in [3.05, 3.63) is 29.6 Å². The average molecular weight is 302 g/mol. The molecular formula is C14H17F3N2O2. The lowest BCUT2D eigenvalue weighted by molar-refractivity contribution is 0.0634. The minimum atomic E-state index is -3.12. The number of benzene rings is 1. The van der Waals surface area contributed by atoms with Gasteiger partial charge in [-0.05, 0) is 39.0 Å². The molecule has 1 amide bonds. The summed E-state index contributed by atoms with van der Waals surface area (Å²) >= 11 is 0. The molecule has 1 saturated carbocycles. The molecule has 1 aliphatic carbocycles. The maximum Gasteiger partial charge on any atom is 0.412 e. The van der Waals surface area contributed by atoms with Crippen LogP contribution in [0.4, 0.5) is 23.7 Å². The molecule has 4 nitrogen and oxygen atoms in total. The highest BCUT2D eigenvalue weighted by molar-refractivity contribution is 5.86. The molecule has 2 rings (SSSR count). The maximum atomic E-state index is 13.4. The van der Waals surface area contributed by atoms with Crippen LogP contribution in [-0.2, 0) is 10.3 Å². The monoisotopic (exact) mass is 302 g/mol.